The number of thioether (sulfide) groups is 1. The van der Waals surface area contributed by atoms with E-state index in [1.165, 1.54) is 35.0 Å². The first-order valence-electron chi connectivity index (χ1n) is 10.6. The number of amides is 1. The molecule has 1 aliphatic carbocycles. The number of nitrogens with zero attached hydrogens (tertiary/aromatic N) is 2. The number of hydrogen-bond donors (Lipinski definition) is 1. The summed E-state index contributed by atoms with van der Waals surface area (Å²) in [5.74, 6) is 0.200. The second-order valence-electron chi connectivity index (χ2n) is 7.78. The Kier molecular flexibility index (Phi) is 6.58. The maximum atomic E-state index is 13.7. The van der Waals surface area contributed by atoms with E-state index in [1.54, 1.807) is 15.9 Å². The minimum atomic E-state index is -0.0368. The third-order valence-electron chi connectivity index (χ3n) is 5.57. The van der Waals surface area contributed by atoms with Crippen LogP contribution in [0.5, 0.6) is 0 Å². The van der Waals surface area contributed by atoms with E-state index in [0.717, 1.165) is 41.6 Å². The van der Waals surface area contributed by atoms with E-state index in [4.69, 9.17) is 4.98 Å². The highest BCUT2D eigenvalue weighted by atomic mass is 32.2. The second-order valence-corrected chi connectivity index (χ2v) is 9.81. The van der Waals surface area contributed by atoms with Crippen molar-refractivity contribution in [2.75, 3.05) is 5.75 Å². The van der Waals surface area contributed by atoms with Gasteiger partial charge in [0.05, 0.1) is 16.8 Å². The number of para-hydroxylation sites is 1. The fourth-order valence-corrected chi connectivity index (χ4v) is 5.94. The lowest BCUT2D eigenvalue weighted by atomic mass is 10.1. The topological polar surface area (TPSA) is 64.0 Å². The van der Waals surface area contributed by atoms with Crippen LogP contribution in [0, 0.1) is 0 Å². The van der Waals surface area contributed by atoms with Gasteiger partial charge in [0.25, 0.3) is 5.56 Å². The molecule has 0 fully saturated rings. The predicted octanol–water partition coefficient (Wildman–Crippen LogP) is 4.72. The summed E-state index contributed by atoms with van der Waals surface area (Å²) in [6.45, 7) is 4.03. The monoisotopic (exact) mass is 441 g/mol. The molecule has 1 unspecified atom stereocenters. The third kappa shape index (κ3) is 4.32. The molecule has 0 spiro atoms. The number of fused-ring (bicyclic) bond motifs is 3. The number of aromatic nitrogens is 2. The number of rotatable bonds is 6. The lowest BCUT2D eigenvalue weighted by Gasteiger charge is -2.14. The van der Waals surface area contributed by atoms with Crippen LogP contribution >= 0.6 is 23.1 Å². The molecular weight excluding hydrogens is 414 g/mol. The highest BCUT2D eigenvalue weighted by Gasteiger charge is 2.22. The molecule has 7 heteroatoms. The summed E-state index contributed by atoms with van der Waals surface area (Å²) in [6.07, 6.45) is 6.37. The van der Waals surface area contributed by atoms with Gasteiger partial charge < -0.3 is 5.32 Å². The molecule has 5 nitrogen and oxygen atoms in total. The average molecular weight is 442 g/mol. The van der Waals surface area contributed by atoms with Gasteiger partial charge in [-0.05, 0) is 56.7 Å². The van der Waals surface area contributed by atoms with Crippen molar-refractivity contribution in [3.63, 3.8) is 0 Å². The average Bonchev–Trinajstić information content (AvgIpc) is 2.94. The Labute approximate surface area is 184 Å². The molecule has 1 aromatic carbocycles. The quantitative estimate of drug-likeness (QED) is 0.341. The van der Waals surface area contributed by atoms with Crippen molar-refractivity contribution in [3.8, 4) is 5.69 Å². The van der Waals surface area contributed by atoms with E-state index in [2.05, 4.69) is 5.32 Å². The van der Waals surface area contributed by atoms with Crippen LogP contribution in [0.1, 0.15) is 50.0 Å². The molecule has 0 saturated carbocycles. The molecule has 4 rings (SSSR count). The van der Waals surface area contributed by atoms with Crippen molar-refractivity contribution in [3.05, 3.63) is 51.1 Å². The molecular formula is C23H27N3O2S2. The molecule has 1 aliphatic rings. The maximum Gasteiger partial charge on any atom is 0.267 e. The molecule has 2 heterocycles. The maximum absolute atomic E-state index is 13.7. The van der Waals surface area contributed by atoms with Gasteiger partial charge in [-0.1, -0.05) is 43.3 Å². The van der Waals surface area contributed by atoms with Gasteiger partial charge in [0, 0.05) is 10.9 Å². The van der Waals surface area contributed by atoms with Gasteiger partial charge >= 0.3 is 0 Å². The predicted molar refractivity (Wildman–Crippen MR) is 125 cm³/mol. The lowest BCUT2D eigenvalue weighted by Crippen LogP contribution is -2.33. The van der Waals surface area contributed by atoms with Crippen molar-refractivity contribution in [1.29, 1.82) is 0 Å². The van der Waals surface area contributed by atoms with Crippen LogP contribution in [0.15, 0.2) is 40.3 Å². The zero-order chi connectivity index (χ0) is 21.1. The summed E-state index contributed by atoms with van der Waals surface area (Å²) < 4.78 is 1.68. The van der Waals surface area contributed by atoms with Gasteiger partial charge in [-0.2, -0.15) is 0 Å². The van der Waals surface area contributed by atoms with Crippen molar-refractivity contribution in [2.45, 2.75) is 63.6 Å². The number of nitrogens with one attached hydrogen (secondary N) is 1. The first kappa shape index (κ1) is 21.1. The van der Waals surface area contributed by atoms with E-state index in [-0.39, 0.29) is 23.3 Å². The number of carbonyl (C=O) groups is 1. The van der Waals surface area contributed by atoms with E-state index >= 15 is 0 Å². The Morgan fingerprint density at radius 2 is 2.00 bits per heavy atom. The molecule has 0 radical (unpaired) electrons. The molecule has 158 valence electrons. The van der Waals surface area contributed by atoms with Crippen LogP contribution in [0.25, 0.3) is 15.9 Å². The Morgan fingerprint density at radius 1 is 1.23 bits per heavy atom. The first-order chi connectivity index (χ1) is 14.6. The van der Waals surface area contributed by atoms with E-state index in [9.17, 15) is 9.59 Å². The van der Waals surface area contributed by atoms with Crippen LogP contribution in [0.4, 0.5) is 0 Å². The highest BCUT2D eigenvalue weighted by molar-refractivity contribution is 7.99. The Hall–Kier alpha value is -2.12. The number of aryl methyl sites for hydroxylation is 2. The minimum Gasteiger partial charge on any atom is -0.353 e. The van der Waals surface area contributed by atoms with Crippen LogP contribution in [0.3, 0.4) is 0 Å². The van der Waals surface area contributed by atoms with Gasteiger partial charge in [0.2, 0.25) is 5.91 Å². The summed E-state index contributed by atoms with van der Waals surface area (Å²) in [5, 5.41) is 4.34. The summed E-state index contributed by atoms with van der Waals surface area (Å²) in [5.41, 5.74) is 1.96. The van der Waals surface area contributed by atoms with Crippen LogP contribution in [-0.2, 0) is 17.6 Å². The zero-order valence-electron chi connectivity index (χ0n) is 17.4. The molecule has 0 bridgehead atoms. The van der Waals surface area contributed by atoms with E-state index in [1.807, 2.05) is 44.2 Å². The number of carbonyl (C=O) groups excluding carboxylic acids is 1. The third-order valence-corrected chi connectivity index (χ3v) is 7.70. The normalized spacial score (nSPS) is 14.9. The molecule has 30 heavy (non-hydrogen) atoms. The van der Waals surface area contributed by atoms with Crippen LogP contribution < -0.4 is 10.9 Å². The summed E-state index contributed by atoms with van der Waals surface area (Å²) in [6, 6.07) is 9.75. The van der Waals surface area contributed by atoms with Gasteiger partial charge in [-0.25, -0.2) is 4.98 Å². The number of benzene rings is 1. The molecule has 2 aromatic heterocycles. The van der Waals surface area contributed by atoms with Gasteiger partial charge in [-0.3, -0.25) is 14.2 Å². The minimum absolute atomic E-state index is 0.0181. The molecule has 0 aliphatic heterocycles. The molecule has 1 amide bonds. The Morgan fingerprint density at radius 3 is 2.77 bits per heavy atom. The second kappa shape index (κ2) is 9.35. The van der Waals surface area contributed by atoms with Crippen molar-refractivity contribution >= 4 is 39.2 Å². The standard InChI is InChI=1S/C23H27N3O2S2/c1-3-15(2)24-19(27)14-29-23-25-21-20(17-12-8-5-9-13-18(17)30-21)22(28)26(23)16-10-6-4-7-11-16/h4,6-7,10-11,15H,3,5,8-9,12-14H2,1-2H3,(H,24,27). The fourth-order valence-electron chi connectivity index (χ4n) is 3.81. The summed E-state index contributed by atoms with van der Waals surface area (Å²) >= 11 is 2.98. The molecule has 1 atom stereocenters. The van der Waals surface area contributed by atoms with Crippen molar-refractivity contribution in [1.82, 2.24) is 14.9 Å². The zero-order valence-corrected chi connectivity index (χ0v) is 19.1. The summed E-state index contributed by atoms with van der Waals surface area (Å²) in [7, 11) is 0. The Balaban J connectivity index is 1.78. The van der Waals surface area contributed by atoms with Crippen LogP contribution in [0.2, 0.25) is 0 Å². The first-order valence-corrected chi connectivity index (χ1v) is 12.4. The van der Waals surface area contributed by atoms with Gasteiger partial charge in [-0.15, -0.1) is 11.3 Å². The molecule has 0 saturated heterocycles. The SMILES string of the molecule is CCC(C)NC(=O)CSc1nc2sc3c(c2c(=O)n1-c1ccccc1)CCCCC3. The van der Waals surface area contributed by atoms with Gasteiger partial charge in [0.15, 0.2) is 5.16 Å². The number of thiophene rings is 1. The van der Waals surface area contributed by atoms with Crippen molar-refractivity contribution in [2.24, 2.45) is 0 Å². The number of hydrogen-bond acceptors (Lipinski definition) is 5. The lowest BCUT2D eigenvalue weighted by molar-refractivity contribution is -0.119. The Bertz CT molecular complexity index is 1110. The summed E-state index contributed by atoms with van der Waals surface area (Å²) in [4.78, 5) is 33.0. The largest absolute Gasteiger partial charge is 0.353 e. The molecule has 1 N–H and O–H groups in total. The van der Waals surface area contributed by atoms with Crippen LogP contribution in [-0.4, -0.2) is 27.3 Å². The van der Waals surface area contributed by atoms with Crippen molar-refractivity contribution < 1.29 is 4.79 Å². The van der Waals surface area contributed by atoms with E-state index < -0.39 is 0 Å². The van der Waals surface area contributed by atoms with E-state index in [0.29, 0.717) is 5.16 Å². The molecule has 3 aromatic rings. The highest BCUT2D eigenvalue weighted by Crippen LogP contribution is 2.34. The van der Waals surface area contributed by atoms with Gasteiger partial charge in [0.1, 0.15) is 4.83 Å². The fraction of sp³-hybridized carbons (Fsp3) is 0.435. The smallest absolute Gasteiger partial charge is 0.267 e.